The Bertz CT molecular complexity index is 92.5. The summed E-state index contributed by atoms with van der Waals surface area (Å²) < 4.78 is 0. The molecular weight excluding hydrogens is 102 g/mol. The van der Waals surface area contributed by atoms with Gasteiger partial charge in [0.05, 0.1) is 6.04 Å². The van der Waals surface area contributed by atoms with E-state index in [0.29, 0.717) is 5.92 Å². The minimum absolute atomic E-state index is 0.134. The van der Waals surface area contributed by atoms with E-state index in [1.54, 1.807) is 0 Å². The SMILES string of the molecule is CC1CCN[C@H]1C=O. The van der Waals surface area contributed by atoms with Crippen molar-refractivity contribution in [2.24, 2.45) is 5.92 Å². The van der Waals surface area contributed by atoms with Crippen LogP contribution in [0.1, 0.15) is 13.3 Å². The molecule has 0 aromatic heterocycles. The first-order chi connectivity index (χ1) is 3.84. The first kappa shape index (κ1) is 5.76. The van der Waals surface area contributed by atoms with Crippen LogP contribution in [0.25, 0.3) is 0 Å². The van der Waals surface area contributed by atoms with Gasteiger partial charge in [0.15, 0.2) is 0 Å². The molecule has 0 aliphatic carbocycles. The van der Waals surface area contributed by atoms with Gasteiger partial charge in [-0.3, -0.25) is 0 Å². The lowest BCUT2D eigenvalue weighted by molar-refractivity contribution is -0.109. The zero-order chi connectivity index (χ0) is 5.98. The van der Waals surface area contributed by atoms with E-state index < -0.39 is 0 Å². The minimum atomic E-state index is 0.134. The van der Waals surface area contributed by atoms with Crippen molar-refractivity contribution in [3.05, 3.63) is 0 Å². The van der Waals surface area contributed by atoms with Crippen LogP contribution in [0.3, 0.4) is 0 Å². The molecule has 2 nitrogen and oxygen atoms in total. The lowest BCUT2D eigenvalue weighted by Gasteiger charge is -2.04. The molecule has 8 heavy (non-hydrogen) atoms. The molecule has 0 radical (unpaired) electrons. The third kappa shape index (κ3) is 0.892. The predicted octanol–water partition coefficient (Wildman–Crippen LogP) is 0.183. The molecule has 1 fully saturated rings. The Morgan fingerprint density at radius 3 is 2.75 bits per heavy atom. The summed E-state index contributed by atoms with van der Waals surface area (Å²) in [5.41, 5.74) is 0. The van der Waals surface area contributed by atoms with Crippen LogP contribution in [0.4, 0.5) is 0 Å². The van der Waals surface area contributed by atoms with Gasteiger partial charge in [0.2, 0.25) is 0 Å². The van der Waals surface area contributed by atoms with Crippen molar-refractivity contribution < 1.29 is 4.79 Å². The van der Waals surface area contributed by atoms with Crippen LogP contribution in [0.15, 0.2) is 0 Å². The van der Waals surface area contributed by atoms with Crippen molar-refractivity contribution in [3.8, 4) is 0 Å². The summed E-state index contributed by atoms with van der Waals surface area (Å²) in [4.78, 5) is 10.2. The fourth-order valence-electron chi connectivity index (χ4n) is 1.04. The Labute approximate surface area is 49.3 Å². The van der Waals surface area contributed by atoms with Gasteiger partial charge in [-0.1, -0.05) is 6.92 Å². The van der Waals surface area contributed by atoms with E-state index in [1.165, 1.54) is 0 Å². The van der Waals surface area contributed by atoms with E-state index in [4.69, 9.17) is 0 Å². The van der Waals surface area contributed by atoms with Crippen molar-refractivity contribution >= 4 is 6.29 Å². The van der Waals surface area contributed by atoms with E-state index in [-0.39, 0.29) is 6.04 Å². The molecule has 1 rings (SSSR count). The second-order valence-corrected chi connectivity index (χ2v) is 2.38. The van der Waals surface area contributed by atoms with Crippen LogP contribution in [-0.4, -0.2) is 18.9 Å². The highest BCUT2D eigenvalue weighted by molar-refractivity contribution is 5.58. The molecule has 0 spiro atoms. The Morgan fingerprint density at radius 1 is 1.75 bits per heavy atom. The summed E-state index contributed by atoms with van der Waals surface area (Å²) in [5.74, 6) is 0.549. The fraction of sp³-hybridized carbons (Fsp3) is 0.833. The molecule has 1 N–H and O–H groups in total. The van der Waals surface area contributed by atoms with Crippen molar-refractivity contribution in [3.63, 3.8) is 0 Å². The number of hydrogen-bond donors (Lipinski definition) is 1. The molecule has 2 heteroatoms. The summed E-state index contributed by atoms with van der Waals surface area (Å²) in [5, 5.41) is 3.09. The van der Waals surface area contributed by atoms with Gasteiger partial charge in [-0.05, 0) is 18.9 Å². The molecule has 0 bridgehead atoms. The quantitative estimate of drug-likeness (QED) is 0.491. The molecule has 0 saturated carbocycles. The van der Waals surface area contributed by atoms with Gasteiger partial charge in [-0.15, -0.1) is 0 Å². The van der Waals surface area contributed by atoms with Gasteiger partial charge in [0.25, 0.3) is 0 Å². The average molecular weight is 113 g/mol. The summed E-state index contributed by atoms with van der Waals surface area (Å²) in [6.07, 6.45) is 2.14. The topological polar surface area (TPSA) is 29.1 Å². The maximum absolute atomic E-state index is 10.2. The standard InChI is InChI=1S/C6H11NO/c1-5-2-3-7-6(5)4-8/h4-7H,2-3H2,1H3/t5?,6-/m0/s1. The third-order valence-electron chi connectivity index (χ3n) is 1.74. The molecule has 0 amide bonds. The Morgan fingerprint density at radius 2 is 2.50 bits per heavy atom. The lowest BCUT2D eigenvalue weighted by atomic mass is 10.1. The number of nitrogens with one attached hydrogen (secondary N) is 1. The Kier molecular flexibility index (Phi) is 1.63. The summed E-state index contributed by atoms with van der Waals surface area (Å²) in [7, 11) is 0. The molecule has 1 heterocycles. The zero-order valence-corrected chi connectivity index (χ0v) is 5.05. The molecule has 1 saturated heterocycles. The van der Waals surface area contributed by atoms with Gasteiger partial charge >= 0.3 is 0 Å². The fourth-order valence-corrected chi connectivity index (χ4v) is 1.04. The van der Waals surface area contributed by atoms with Crippen molar-refractivity contribution in [2.75, 3.05) is 6.54 Å². The highest BCUT2D eigenvalue weighted by Gasteiger charge is 2.20. The van der Waals surface area contributed by atoms with Crippen LogP contribution in [0.5, 0.6) is 0 Å². The number of carbonyl (C=O) groups is 1. The Hall–Kier alpha value is -0.370. The first-order valence-corrected chi connectivity index (χ1v) is 3.03. The van der Waals surface area contributed by atoms with E-state index in [2.05, 4.69) is 12.2 Å². The summed E-state index contributed by atoms with van der Waals surface area (Å²) in [6, 6.07) is 0.134. The van der Waals surface area contributed by atoms with Gasteiger partial charge in [-0.2, -0.15) is 0 Å². The molecule has 2 atom stereocenters. The van der Waals surface area contributed by atoms with E-state index >= 15 is 0 Å². The zero-order valence-electron chi connectivity index (χ0n) is 5.05. The number of rotatable bonds is 1. The average Bonchev–Trinajstić information content (AvgIpc) is 2.14. The van der Waals surface area contributed by atoms with Crippen molar-refractivity contribution in [1.82, 2.24) is 5.32 Å². The molecule has 46 valence electrons. The second-order valence-electron chi connectivity index (χ2n) is 2.38. The lowest BCUT2D eigenvalue weighted by Crippen LogP contribution is -2.26. The molecule has 1 unspecified atom stereocenters. The Balaban J connectivity index is 2.41. The molecule has 0 aromatic rings. The molecule has 1 aliphatic rings. The molecular formula is C6H11NO. The van der Waals surface area contributed by atoms with Crippen LogP contribution in [0, 0.1) is 5.92 Å². The van der Waals surface area contributed by atoms with Gasteiger partial charge in [-0.25, -0.2) is 0 Å². The molecule has 0 aromatic carbocycles. The van der Waals surface area contributed by atoms with Crippen molar-refractivity contribution in [1.29, 1.82) is 0 Å². The van der Waals surface area contributed by atoms with Crippen LogP contribution in [-0.2, 0) is 4.79 Å². The summed E-state index contributed by atoms with van der Waals surface area (Å²) in [6.45, 7) is 3.10. The minimum Gasteiger partial charge on any atom is -0.307 e. The number of carbonyl (C=O) groups excluding carboxylic acids is 1. The normalized spacial score (nSPS) is 37.6. The monoisotopic (exact) mass is 113 g/mol. The van der Waals surface area contributed by atoms with E-state index in [1.807, 2.05) is 0 Å². The number of hydrogen-bond acceptors (Lipinski definition) is 2. The highest BCUT2D eigenvalue weighted by Crippen LogP contribution is 2.11. The predicted molar refractivity (Wildman–Crippen MR) is 31.6 cm³/mol. The highest BCUT2D eigenvalue weighted by atomic mass is 16.1. The van der Waals surface area contributed by atoms with Gasteiger partial charge in [0, 0.05) is 0 Å². The maximum atomic E-state index is 10.2. The van der Waals surface area contributed by atoms with Crippen molar-refractivity contribution in [2.45, 2.75) is 19.4 Å². The first-order valence-electron chi connectivity index (χ1n) is 3.03. The largest absolute Gasteiger partial charge is 0.307 e. The summed E-state index contributed by atoms with van der Waals surface area (Å²) >= 11 is 0. The third-order valence-corrected chi connectivity index (χ3v) is 1.74. The van der Waals surface area contributed by atoms with Gasteiger partial charge < -0.3 is 10.1 Å². The number of aldehydes is 1. The van der Waals surface area contributed by atoms with Crippen LogP contribution >= 0.6 is 0 Å². The van der Waals surface area contributed by atoms with E-state index in [9.17, 15) is 4.79 Å². The van der Waals surface area contributed by atoms with Crippen LogP contribution < -0.4 is 5.32 Å². The van der Waals surface area contributed by atoms with E-state index in [0.717, 1.165) is 19.3 Å². The second kappa shape index (κ2) is 2.27. The maximum Gasteiger partial charge on any atom is 0.137 e. The smallest absolute Gasteiger partial charge is 0.137 e. The molecule has 1 aliphatic heterocycles. The van der Waals surface area contributed by atoms with Crippen LogP contribution in [0.2, 0.25) is 0 Å². The van der Waals surface area contributed by atoms with Gasteiger partial charge in [0.1, 0.15) is 6.29 Å².